The van der Waals surface area contributed by atoms with Crippen LogP contribution in [0.15, 0.2) is 86.0 Å². The minimum atomic E-state index is 0.000546. The zero-order valence-corrected chi connectivity index (χ0v) is 18.0. The molecule has 0 nitrogen and oxygen atoms in total. The summed E-state index contributed by atoms with van der Waals surface area (Å²) in [7, 11) is 0. The Morgan fingerprint density at radius 1 is 0.893 bits per heavy atom. The van der Waals surface area contributed by atoms with Crippen LogP contribution >= 0.6 is 0 Å². The van der Waals surface area contributed by atoms with Gasteiger partial charge in [0.15, 0.2) is 0 Å². The van der Waals surface area contributed by atoms with Crippen molar-refractivity contribution in [1.29, 1.82) is 0 Å². The van der Waals surface area contributed by atoms with E-state index in [0.717, 1.165) is 24.8 Å². The van der Waals surface area contributed by atoms with Gasteiger partial charge in [-0.3, -0.25) is 0 Å². The van der Waals surface area contributed by atoms with Crippen molar-refractivity contribution in [1.82, 2.24) is 0 Å². The third-order valence-corrected chi connectivity index (χ3v) is 5.72. The van der Waals surface area contributed by atoms with Gasteiger partial charge < -0.3 is 0 Å². The van der Waals surface area contributed by atoms with Gasteiger partial charge in [-0.2, -0.15) is 0 Å². The summed E-state index contributed by atoms with van der Waals surface area (Å²) in [4.78, 5) is 0. The molecule has 0 aromatic heterocycles. The summed E-state index contributed by atoms with van der Waals surface area (Å²) in [6.07, 6.45) is 6.94. The molecule has 0 fully saturated rings. The van der Waals surface area contributed by atoms with Gasteiger partial charge in [0.2, 0.25) is 0 Å². The molecule has 0 radical (unpaired) electrons. The fourth-order valence-corrected chi connectivity index (χ4v) is 3.23. The van der Waals surface area contributed by atoms with Gasteiger partial charge in [-0.1, -0.05) is 86.7 Å². The maximum atomic E-state index is 4.32. The van der Waals surface area contributed by atoms with Crippen molar-refractivity contribution in [2.24, 2.45) is 0 Å². The Morgan fingerprint density at radius 3 is 2.00 bits per heavy atom. The summed E-state index contributed by atoms with van der Waals surface area (Å²) in [6.45, 7) is 20.9. The van der Waals surface area contributed by atoms with Crippen LogP contribution in [-0.4, -0.2) is 0 Å². The van der Waals surface area contributed by atoms with E-state index in [4.69, 9.17) is 0 Å². The van der Waals surface area contributed by atoms with Crippen molar-refractivity contribution >= 4 is 11.1 Å². The topological polar surface area (TPSA) is 0 Å². The number of benzene rings is 2. The van der Waals surface area contributed by atoms with Crippen LogP contribution in [0.4, 0.5) is 0 Å². The van der Waals surface area contributed by atoms with Gasteiger partial charge in [0.05, 0.1) is 0 Å². The van der Waals surface area contributed by atoms with Crippen molar-refractivity contribution in [2.45, 2.75) is 52.4 Å². The van der Waals surface area contributed by atoms with Gasteiger partial charge in [-0.15, -0.1) is 13.2 Å². The van der Waals surface area contributed by atoms with E-state index in [0.29, 0.717) is 0 Å². The van der Waals surface area contributed by atoms with Crippen LogP contribution in [0.2, 0.25) is 0 Å². The Morgan fingerprint density at radius 2 is 1.46 bits per heavy atom. The van der Waals surface area contributed by atoms with Crippen molar-refractivity contribution in [2.75, 3.05) is 0 Å². The molecule has 0 aliphatic rings. The lowest BCUT2D eigenvalue weighted by Gasteiger charge is -2.20. The minimum absolute atomic E-state index is 0.000546. The molecule has 0 N–H and O–H groups in total. The summed E-state index contributed by atoms with van der Waals surface area (Å²) in [6, 6.07) is 17.6. The van der Waals surface area contributed by atoms with Crippen molar-refractivity contribution < 1.29 is 0 Å². The highest BCUT2D eigenvalue weighted by molar-refractivity contribution is 5.71. The predicted octanol–water partition coefficient (Wildman–Crippen LogP) is 8.17. The zero-order chi connectivity index (χ0) is 20.7. The SMILES string of the molecule is C=CCC/C(C)=C(\C)c1ccc(C(=C)Cc2ccc(C(C)(C)C=C)cc2)cc1. The van der Waals surface area contributed by atoms with E-state index in [-0.39, 0.29) is 5.41 Å². The van der Waals surface area contributed by atoms with Crippen LogP contribution in [0, 0.1) is 0 Å². The average Bonchev–Trinajstić information content (AvgIpc) is 2.71. The highest BCUT2D eigenvalue weighted by Crippen LogP contribution is 2.27. The molecule has 0 saturated carbocycles. The van der Waals surface area contributed by atoms with Crippen LogP contribution in [0.1, 0.15) is 62.8 Å². The molecule has 28 heavy (non-hydrogen) atoms. The lowest BCUT2D eigenvalue weighted by Crippen LogP contribution is -2.12. The van der Waals surface area contributed by atoms with Gasteiger partial charge >= 0.3 is 0 Å². The van der Waals surface area contributed by atoms with Crippen LogP contribution in [0.5, 0.6) is 0 Å². The van der Waals surface area contributed by atoms with E-state index in [9.17, 15) is 0 Å². The van der Waals surface area contributed by atoms with E-state index >= 15 is 0 Å². The molecule has 2 aromatic rings. The van der Waals surface area contributed by atoms with Crippen molar-refractivity contribution in [3.05, 3.63) is 108 Å². The van der Waals surface area contributed by atoms with E-state index in [1.54, 1.807) is 0 Å². The fraction of sp³-hybridized carbons (Fsp3) is 0.286. The van der Waals surface area contributed by atoms with Crippen molar-refractivity contribution in [3.63, 3.8) is 0 Å². The Hall–Kier alpha value is -2.60. The monoisotopic (exact) mass is 370 g/mol. The van der Waals surface area contributed by atoms with E-state index in [2.05, 4.69) is 96.0 Å². The molecule has 2 aromatic carbocycles. The molecule has 2 rings (SSSR count). The summed E-state index contributed by atoms with van der Waals surface area (Å²) in [5.41, 5.74) is 9.00. The molecular formula is C28H34. The van der Waals surface area contributed by atoms with Gasteiger partial charge in [0.25, 0.3) is 0 Å². The zero-order valence-electron chi connectivity index (χ0n) is 18.0. The predicted molar refractivity (Wildman–Crippen MR) is 127 cm³/mol. The van der Waals surface area contributed by atoms with Crippen LogP contribution in [0.25, 0.3) is 11.1 Å². The lowest BCUT2D eigenvalue weighted by molar-refractivity contribution is 0.671. The summed E-state index contributed by atoms with van der Waals surface area (Å²) in [5.74, 6) is 0. The third-order valence-electron chi connectivity index (χ3n) is 5.72. The molecule has 0 unspecified atom stereocenters. The van der Waals surface area contributed by atoms with Crippen LogP contribution in [-0.2, 0) is 11.8 Å². The summed E-state index contributed by atoms with van der Waals surface area (Å²) >= 11 is 0. The smallest absolute Gasteiger partial charge is 0.00726 e. The molecule has 0 heteroatoms. The van der Waals surface area contributed by atoms with E-state index in [1.165, 1.54) is 33.4 Å². The highest BCUT2D eigenvalue weighted by atomic mass is 14.2. The quantitative estimate of drug-likeness (QED) is 0.390. The summed E-state index contributed by atoms with van der Waals surface area (Å²) < 4.78 is 0. The molecule has 146 valence electrons. The van der Waals surface area contributed by atoms with Gasteiger partial charge in [0.1, 0.15) is 0 Å². The van der Waals surface area contributed by atoms with Crippen LogP contribution in [0.3, 0.4) is 0 Å². The molecular weight excluding hydrogens is 336 g/mol. The Bertz CT molecular complexity index is 855. The third kappa shape index (κ3) is 5.45. The second kappa shape index (κ2) is 9.55. The normalized spacial score (nSPS) is 12.3. The standard InChI is InChI=1S/C28H34/c1-8-10-11-21(3)23(5)26-16-14-25(15-17-26)22(4)20-24-12-18-27(19-13-24)28(6,7)9-2/h8-9,12-19H,1-2,4,10-11,20H2,3,5-7H3/b23-21+. The fourth-order valence-electron chi connectivity index (χ4n) is 3.23. The van der Waals surface area contributed by atoms with Gasteiger partial charge in [-0.05, 0) is 66.5 Å². The molecule has 0 bridgehead atoms. The number of hydrogen-bond acceptors (Lipinski definition) is 0. The van der Waals surface area contributed by atoms with E-state index in [1.807, 2.05) is 12.2 Å². The molecule has 0 atom stereocenters. The first-order chi connectivity index (χ1) is 13.3. The Kier molecular flexibility index (Phi) is 7.40. The van der Waals surface area contributed by atoms with Crippen molar-refractivity contribution in [3.8, 4) is 0 Å². The molecule has 0 aliphatic heterocycles. The first kappa shape index (κ1) is 21.7. The molecule has 0 heterocycles. The van der Waals surface area contributed by atoms with Gasteiger partial charge in [0, 0.05) is 5.41 Å². The first-order valence-corrected chi connectivity index (χ1v) is 10.1. The second-order valence-electron chi connectivity index (χ2n) is 8.21. The maximum absolute atomic E-state index is 4.32. The van der Waals surface area contributed by atoms with Crippen LogP contribution < -0.4 is 0 Å². The van der Waals surface area contributed by atoms with Gasteiger partial charge in [-0.25, -0.2) is 0 Å². The molecule has 0 aliphatic carbocycles. The largest absolute Gasteiger partial charge is 0.103 e. The minimum Gasteiger partial charge on any atom is -0.103 e. The Balaban J connectivity index is 2.09. The first-order valence-electron chi connectivity index (χ1n) is 10.1. The van der Waals surface area contributed by atoms with E-state index < -0.39 is 0 Å². The Labute approximate surface area is 172 Å². The molecule has 0 saturated heterocycles. The average molecular weight is 371 g/mol. The molecule has 0 amide bonds. The highest BCUT2D eigenvalue weighted by Gasteiger charge is 2.15. The maximum Gasteiger partial charge on any atom is 0.00726 e. The number of hydrogen-bond donors (Lipinski definition) is 0. The second-order valence-corrected chi connectivity index (χ2v) is 8.21. The number of allylic oxidation sites excluding steroid dienone is 5. The number of rotatable bonds is 9. The lowest BCUT2D eigenvalue weighted by atomic mass is 9.84. The summed E-state index contributed by atoms with van der Waals surface area (Å²) in [5, 5.41) is 0. The molecule has 0 spiro atoms.